The van der Waals surface area contributed by atoms with Gasteiger partial charge in [0.2, 0.25) is 0 Å². The van der Waals surface area contributed by atoms with Crippen LogP contribution in [0.4, 0.5) is 0 Å². The average Bonchev–Trinajstić information content (AvgIpc) is 1.72. The molecule has 1 aliphatic rings. The van der Waals surface area contributed by atoms with Crippen molar-refractivity contribution in [2.75, 3.05) is 6.61 Å². The quantitative estimate of drug-likeness (QED) is 0.421. The lowest BCUT2D eigenvalue weighted by atomic mass is 10.3. The molecule has 1 aliphatic heterocycles. The van der Waals surface area contributed by atoms with Gasteiger partial charge in [0, 0.05) is 12.6 Å². The molecule has 0 atom stereocenters. The summed E-state index contributed by atoms with van der Waals surface area (Å²) in [7, 11) is 0. The lowest BCUT2D eigenvalue weighted by molar-refractivity contribution is 0.142. The fraction of sp³-hybridized carbons (Fsp3) is 0.500. The number of nitrogens with zero attached hydrogens (tertiary/aromatic N) is 1. The Kier molecular flexibility index (Phi) is 1.10. The van der Waals surface area contributed by atoms with Crippen LogP contribution >= 0.6 is 0 Å². The molecule has 0 saturated carbocycles. The Hall–Kier alpha value is -0.530. The molecule has 1 radical (unpaired) electrons. The minimum Gasteiger partial charge on any atom is -0.396 e. The van der Waals surface area contributed by atoms with E-state index in [1.54, 1.807) is 6.21 Å². The largest absolute Gasteiger partial charge is 0.396 e. The Morgan fingerprint density at radius 3 is 2.83 bits per heavy atom. The van der Waals surface area contributed by atoms with Crippen molar-refractivity contribution < 1.29 is 4.84 Å². The Morgan fingerprint density at radius 1 is 1.67 bits per heavy atom. The zero-order chi connectivity index (χ0) is 4.24. The van der Waals surface area contributed by atoms with Crippen LogP contribution in [0.15, 0.2) is 5.16 Å². The van der Waals surface area contributed by atoms with Crippen molar-refractivity contribution in [1.29, 1.82) is 0 Å². The summed E-state index contributed by atoms with van der Waals surface area (Å²) in [5.74, 6) is 0. The third kappa shape index (κ3) is 0.708. The predicted octanol–water partition coefficient (Wildman–Crippen LogP) is 0.597. The molecule has 0 fully saturated rings. The van der Waals surface area contributed by atoms with Crippen molar-refractivity contribution in [2.45, 2.75) is 6.42 Å². The lowest BCUT2D eigenvalue weighted by Gasteiger charge is -1.99. The second-order valence-corrected chi connectivity index (χ2v) is 1.11. The zero-order valence-corrected chi connectivity index (χ0v) is 3.42. The average molecular weight is 84.1 g/mol. The van der Waals surface area contributed by atoms with Crippen LogP contribution in [0.2, 0.25) is 0 Å². The van der Waals surface area contributed by atoms with Gasteiger partial charge in [-0.3, -0.25) is 0 Å². The fourth-order valence-corrected chi connectivity index (χ4v) is 0.334. The first-order valence-corrected chi connectivity index (χ1v) is 1.97. The van der Waals surface area contributed by atoms with Crippen molar-refractivity contribution in [1.82, 2.24) is 0 Å². The van der Waals surface area contributed by atoms with E-state index in [0.29, 0.717) is 0 Å². The summed E-state index contributed by atoms with van der Waals surface area (Å²) in [5.41, 5.74) is 0. The first-order valence-electron chi connectivity index (χ1n) is 1.97. The van der Waals surface area contributed by atoms with Gasteiger partial charge in [-0.25, -0.2) is 0 Å². The normalized spacial score (nSPS) is 20.0. The molecule has 0 unspecified atom stereocenters. The summed E-state index contributed by atoms with van der Waals surface area (Å²) in [6, 6.07) is 0. The van der Waals surface area contributed by atoms with Crippen molar-refractivity contribution in [3.05, 3.63) is 6.42 Å². The van der Waals surface area contributed by atoms with E-state index in [1.165, 1.54) is 0 Å². The highest BCUT2D eigenvalue weighted by molar-refractivity contribution is 5.67. The number of rotatable bonds is 0. The van der Waals surface area contributed by atoms with Gasteiger partial charge in [0.1, 0.15) is 6.61 Å². The van der Waals surface area contributed by atoms with Crippen molar-refractivity contribution >= 4 is 6.21 Å². The van der Waals surface area contributed by atoms with E-state index in [1.807, 2.05) is 6.42 Å². The Bertz CT molecular complexity index is 52.6. The summed E-state index contributed by atoms with van der Waals surface area (Å²) in [5, 5.41) is 3.50. The summed E-state index contributed by atoms with van der Waals surface area (Å²) < 4.78 is 0. The maximum Gasteiger partial charge on any atom is 0.117 e. The van der Waals surface area contributed by atoms with E-state index < -0.39 is 0 Å². The second kappa shape index (κ2) is 1.80. The van der Waals surface area contributed by atoms with E-state index in [-0.39, 0.29) is 0 Å². The first-order chi connectivity index (χ1) is 3.00. The van der Waals surface area contributed by atoms with Crippen molar-refractivity contribution in [3.63, 3.8) is 0 Å². The van der Waals surface area contributed by atoms with E-state index in [0.717, 1.165) is 13.0 Å². The molecule has 1 heterocycles. The summed E-state index contributed by atoms with van der Waals surface area (Å²) in [6.45, 7) is 0.747. The number of hydrogen-bond acceptors (Lipinski definition) is 2. The smallest absolute Gasteiger partial charge is 0.117 e. The van der Waals surface area contributed by atoms with Crippen LogP contribution in [0.1, 0.15) is 6.42 Å². The van der Waals surface area contributed by atoms with Gasteiger partial charge in [-0.05, 0) is 6.42 Å². The van der Waals surface area contributed by atoms with Gasteiger partial charge < -0.3 is 4.84 Å². The molecule has 0 bridgehead atoms. The van der Waals surface area contributed by atoms with Gasteiger partial charge in [0.25, 0.3) is 0 Å². The minimum atomic E-state index is 0.747. The Balaban J connectivity index is 2.26. The first kappa shape index (κ1) is 3.65. The maximum absolute atomic E-state index is 4.61. The van der Waals surface area contributed by atoms with Gasteiger partial charge in [0.15, 0.2) is 0 Å². The SMILES string of the molecule is [CH]1C=NOCC1. The molecule has 0 aromatic rings. The van der Waals surface area contributed by atoms with Gasteiger partial charge >= 0.3 is 0 Å². The molecule has 1 rings (SSSR count). The third-order valence-electron chi connectivity index (χ3n) is 0.617. The van der Waals surface area contributed by atoms with Gasteiger partial charge in [0.05, 0.1) is 0 Å². The fourth-order valence-electron chi connectivity index (χ4n) is 0.334. The van der Waals surface area contributed by atoms with Crippen LogP contribution in [-0.2, 0) is 4.84 Å². The van der Waals surface area contributed by atoms with E-state index in [4.69, 9.17) is 0 Å². The number of oxime groups is 1. The molecule has 0 aliphatic carbocycles. The van der Waals surface area contributed by atoms with Gasteiger partial charge in [-0.2, -0.15) is 0 Å². The molecule has 0 aromatic carbocycles. The number of hydrogen-bond donors (Lipinski definition) is 0. The van der Waals surface area contributed by atoms with Crippen LogP contribution in [0.3, 0.4) is 0 Å². The standard InChI is InChI=1S/C4H6NO/c1-2-4-6-5-3-1/h1,3H,2,4H2. The molecular formula is C4H6NO. The van der Waals surface area contributed by atoms with E-state index in [9.17, 15) is 0 Å². The highest BCUT2D eigenvalue weighted by Gasteiger charge is 1.88. The topological polar surface area (TPSA) is 21.6 Å². The van der Waals surface area contributed by atoms with Crippen LogP contribution in [0.25, 0.3) is 0 Å². The van der Waals surface area contributed by atoms with Crippen LogP contribution in [-0.4, -0.2) is 12.8 Å². The van der Waals surface area contributed by atoms with E-state index in [2.05, 4.69) is 9.99 Å². The molecule has 2 heteroatoms. The molecule has 0 spiro atoms. The van der Waals surface area contributed by atoms with E-state index >= 15 is 0 Å². The van der Waals surface area contributed by atoms with Gasteiger partial charge in [-0.15, -0.1) is 0 Å². The second-order valence-electron chi connectivity index (χ2n) is 1.11. The van der Waals surface area contributed by atoms with Crippen molar-refractivity contribution in [2.24, 2.45) is 5.16 Å². The molecule has 0 saturated heterocycles. The lowest BCUT2D eigenvalue weighted by Crippen LogP contribution is -1.95. The van der Waals surface area contributed by atoms with Gasteiger partial charge in [-0.1, -0.05) is 5.16 Å². The molecular weight excluding hydrogens is 78.0 g/mol. The summed E-state index contributed by atoms with van der Waals surface area (Å²) >= 11 is 0. The molecule has 33 valence electrons. The Morgan fingerprint density at radius 2 is 2.67 bits per heavy atom. The molecule has 0 amide bonds. The highest BCUT2D eigenvalue weighted by Crippen LogP contribution is 1.91. The highest BCUT2D eigenvalue weighted by atomic mass is 16.6. The molecule has 6 heavy (non-hydrogen) atoms. The zero-order valence-electron chi connectivity index (χ0n) is 3.42. The molecule has 2 nitrogen and oxygen atoms in total. The molecule has 0 aromatic heterocycles. The molecule has 0 N–H and O–H groups in total. The van der Waals surface area contributed by atoms with Crippen molar-refractivity contribution in [3.8, 4) is 0 Å². The van der Waals surface area contributed by atoms with Crippen LogP contribution in [0, 0.1) is 6.42 Å². The van der Waals surface area contributed by atoms with Crippen LogP contribution in [0.5, 0.6) is 0 Å². The monoisotopic (exact) mass is 84.0 g/mol. The summed E-state index contributed by atoms with van der Waals surface area (Å²) in [4.78, 5) is 4.61. The maximum atomic E-state index is 4.61. The predicted molar refractivity (Wildman–Crippen MR) is 23.4 cm³/mol. The Labute approximate surface area is 36.8 Å². The minimum absolute atomic E-state index is 0.747. The third-order valence-corrected chi connectivity index (χ3v) is 0.617. The van der Waals surface area contributed by atoms with Crippen LogP contribution < -0.4 is 0 Å². The summed E-state index contributed by atoms with van der Waals surface area (Å²) in [6.07, 6.45) is 4.65.